The number of aromatic nitrogens is 1. The van der Waals surface area contributed by atoms with Crippen LogP contribution in [0, 0.1) is 6.92 Å². The number of rotatable bonds is 5. The third-order valence-electron chi connectivity index (χ3n) is 3.11. The molecule has 0 aliphatic rings. The van der Waals surface area contributed by atoms with Gasteiger partial charge in [0.2, 0.25) is 0 Å². The van der Waals surface area contributed by atoms with Crippen molar-refractivity contribution in [2.75, 3.05) is 11.9 Å². The van der Waals surface area contributed by atoms with Crippen LogP contribution in [0.2, 0.25) is 0 Å². The molecule has 0 aliphatic carbocycles. The van der Waals surface area contributed by atoms with E-state index in [2.05, 4.69) is 15.6 Å². The highest BCUT2D eigenvalue weighted by atomic mass is 16.1. The van der Waals surface area contributed by atoms with Gasteiger partial charge >= 0.3 is 0 Å². The Hall–Kier alpha value is -2.36. The highest BCUT2D eigenvalue weighted by molar-refractivity contribution is 5.99. The quantitative estimate of drug-likeness (QED) is 0.877. The molecule has 0 bridgehead atoms. The SMILES string of the molecule is CCNc1ccccc1C(=O)NCc1ccncc1C. The fraction of sp³-hybridized carbons (Fsp3) is 0.250. The number of benzene rings is 1. The van der Waals surface area contributed by atoms with E-state index in [0.717, 1.165) is 23.4 Å². The molecule has 1 heterocycles. The Morgan fingerprint density at radius 1 is 1.25 bits per heavy atom. The minimum absolute atomic E-state index is 0.0715. The number of aryl methyl sites for hydroxylation is 1. The number of anilines is 1. The molecular weight excluding hydrogens is 250 g/mol. The molecule has 0 atom stereocenters. The van der Waals surface area contributed by atoms with Crippen molar-refractivity contribution >= 4 is 11.6 Å². The van der Waals surface area contributed by atoms with Gasteiger partial charge in [-0.2, -0.15) is 0 Å². The maximum atomic E-state index is 12.3. The van der Waals surface area contributed by atoms with Gasteiger partial charge in [0, 0.05) is 31.2 Å². The lowest BCUT2D eigenvalue weighted by Gasteiger charge is -2.11. The van der Waals surface area contributed by atoms with Crippen LogP contribution in [0.3, 0.4) is 0 Å². The van der Waals surface area contributed by atoms with Gasteiger partial charge in [0.25, 0.3) is 5.91 Å². The highest BCUT2D eigenvalue weighted by Crippen LogP contribution is 2.15. The Morgan fingerprint density at radius 3 is 2.80 bits per heavy atom. The van der Waals surface area contributed by atoms with E-state index >= 15 is 0 Å². The third kappa shape index (κ3) is 3.35. The lowest BCUT2D eigenvalue weighted by Crippen LogP contribution is -2.24. The fourth-order valence-electron chi connectivity index (χ4n) is 2.00. The largest absolute Gasteiger partial charge is 0.385 e. The number of carbonyl (C=O) groups is 1. The molecule has 0 saturated heterocycles. The summed E-state index contributed by atoms with van der Waals surface area (Å²) in [4.78, 5) is 16.3. The summed E-state index contributed by atoms with van der Waals surface area (Å²) < 4.78 is 0. The molecule has 0 radical (unpaired) electrons. The number of carbonyl (C=O) groups excluding carboxylic acids is 1. The summed E-state index contributed by atoms with van der Waals surface area (Å²) in [7, 11) is 0. The molecule has 4 heteroatoms. The minimum atomic E-state index is -0.0715. The highest BCUT2D eigenvalue weighted by Gasteiger charge is 2.10. The lowest BCUT2D eigenvalue weighted by atomic mass is 10.1. The first-order valence-corrected chi connectivity index (χ1v) is 6.73. The first-order valence-electron chi connectivity index (χ1n) is 6.73. The van der Waals surface area contributed by atoms with Gasteiger partial charge in [-0.15, -0.1) is 0 Å². The number of pyridine rings is 1. The molecule has 1 aromatic carbocycles. The molecule has 2 aromatic rings. The number of hydrogen-bond acceptors (Lipinski definition) is 3. The molecule has 0 spiro atoms. The van der Waals surface area contributed by atoms with Crippen LogP contribution in [0.1, 0.15) is 28.4 Å². The minimum Gasteiger partial charge on any atom is -0.385 e. The Labute approximate surface area is 119 Å². The van der Waals surface area contributed by atoms with Crippen LogP contribution in [-0.4, -0.2) is 17.4 Å². The number of amides is 1. The molecule has 2 rings (SSSR count). The molecule has 0 unspecified atom stereocenters. The summed E-state index contributed by atoms with van der Waals surface area (Å²) in [5, 5.41) is 6.14. The molecule has 0 saturated carbocycles. The topological polar surface area (TPSA) is 54.0 Å². The fourth-order valence-corrected chi connectivity index (χ4v) is 2.00. The smallest absolute Gasteiger partial charge is 0.253 e. The summed E-state index contributed by atoms with van der Waals surface area (Å²) in [6, 6.07) is 9.45. The summed E-state index contributed by atoms with van der Waals surface area (Å²) in [6.45, 7) is 5.29. The molecule has 2 N–H and O–H groups in total. The van der Waals surface area contributed by atoms with Crippen LogP contribution in [0.5, 0.6) is 0 Å². The molecular formula is C16H19N3O. The van der Waals surface area contributed by atoms with Gasteiger partial charge in [-0.25, -0.2) is 0 Å². The first-order chi connectivity index (χ1) is 9.72. The molecule has 1 amide bonds. The molecule has 1 aromatic heterocycles. The predicted molar refractivity (Wildman–Crippen MR) is 80.7 cm³/mol. The Morgan fingerprint density at radius 2 is 2.05 bits per heavy atom. The van der Waals surface area contributed by atoms with Gasteiger partial charge in [-0.1, -0.05) is 12.1 Å². The number of nitrogens with one attached hydrogen (secondary N) is 2. The van der Waals surface area contributed by atoms with E-state index in [1.165, 1.54) is 0 Å². The van der Waals surface area contributed by atoms with E-state index < -0.39 is 0 Å². The number of hydrogen-bond donors (Lipinski definition) is 2. The first kappa shape index (κ1) is 14.1. The van der Waals surface area contributed by atoms with Crippen molar-refractivity contribution < 1.29 is 4.79 Å². The lowest BCUT2D eigenvalue weighted by molar-refractivity contribution is 0.0951. The van der Waals surface area contributed by atoms with E-state index in [-0.39, 0.29) is 5.91 Å². The van der Waals surface area contributed by atoms with Crippen molar-refractivity contribution in [3.63, 3.8) is 0 Å². The Bertz CT molecular complexity index is 596. The summed E-state index contributed by atoms with van der Waals surface area (Å²) in [5.74, 6) is -0.0715. The molecule has 0 fully saturated rings. The van der Waals surface area contributed by atoms with Crippen molar-refractivity contribution in [2.45, 2.75) is 20.4 Å². The standard InChI is InChI=1S/C16H19N3O/c1-3-18-15-7-5-4-6-14(15)16(20)19-11-13-8-9-17-10-12(13)2/h4-10,18H,3,11H2,1-2H3,(H,19,20). The zero-order valence-electron chi connectivity index (χ0n) is 11.8. The van der Waals surface area contributed by atoms with Gasteiger partial charge in [-0.05, 0) is 43.2 Å². The summed E-state index contributed by atoms with van der Waals surface area (Å²) >= 11 is 0. The second-order valence-electron chi connectivity index (χ2n) is 4.56. The second kappa shape index (κ2) is 6.70. The molecule has 4 nitrogen and oxygen atoms in total. The van der Waals surface area contributed by atoms with Crippen LogP contribution >= 0.6 is 0 Å². The van der Waals surface area contributed by atoms with Gasteiger partial charge in [0.05, 0.1) is 5.56 Å². The van der Waals surface area contributed by atoms with Crippen LogP contribution in [-0.2, 0) is 6.54 Å². The van der Waals surface area contributed by atoms with Gasteiger partial charge in [0.15, 0.2) is 0 Å². The van der Waals surface area contributed by atoms with Crippen LogP contribution in [0.25, 0.3) is 0 Å². The maximum Gasteiger partial charge on any atom is 0.253 e. The van der Waals surface area contributed by atoms with Crippen molar-refractivity contribution in [1.29, 1.82) is 0 Å². The maximum absolute atomic E-state index is 12.3. The van der Waals surface area contributed by atoms with E-state index in [1.54, 1.807) is 12.4 Å². The Balaban J connectivity index is 2.07. The van der Waals surface area contributed by atoms with Gasteiger partial charge < -0.3 is 10.6 Å². The average Bonchev–Trinajstić information content (AvgIpc) is 2.47. The number of para-hydroxylation sites is 1. The van der Waals surface area contributed by atoms with Crippen molar-refractivity contribution in [3.05, 3.63) is 59.4 Å². The van der Waals surface area contributed by atoms with Crippen LogP contribution < -0.4 is 10.6 Å². The van der Waals surface area contributed by atoms with E-state index in [0.29, 0.717) is 12.1 Å². The number of nitrogens with zero attached hydrogens (tertiary/aromatic N) is 1. The summed E-state index contributed by atoms with van der Waals surface area (Å²) in [5.41, 5.74) is 3.68. The van der Waals surface area contributed by atoms with E-state index in [1.807, 2.05) is 44.2 Å². The van der Waals surface area contributed by atoms with Crippen LogP contribution in [0.4, 0.5) is 5.69 Å². The zero-order valence-corrected chi connectivity index (χ0v) is 11.8. The van der Waals surface area contributed by atoms with Gasteiger partial charge in [-0.3, -0.25) is 9.78 Å². The van der Waals surface area contributed by atoms with Crippen molar-refractivity contribution in [1.82, 2.24) is 10.3 Å². The van der Waals surface area contributed by atoms with Crippen molar-refractivity contribution in [3.8, 4) is 0 Å². The van der Waals surface area contributed by atoms with Crippen LogP contribution in [0.15, 0.2) is 42.7 Å². The zero-order chi connectivity index (χ0) is 14.4. The average molecular weight is 269 g/mol. The second-order valence-corrected chi connectivity index (χ2v) is 4.56. The Kier molecular flexibility index (Phi) is 4.71. The predicted octanol–water partition coefficient (Wildman–Crippen LogP) is 2.75. The van der Waals surface area contributed by atoms with E-state index in [4.69, 9.17) is 0 Å². The van der Waals surface area contributed by atoms with Crippen molar-refractivity contribution in [2.24, 2.45) is 0 Å². The third-order valence-corrected chi connectivity index (χ3v) is 3.11. The summed E-state index contributed by atoms with van der Waals surface area (Å²) in [6.07, 6.45) is 3.54. The normalized spacial score (nSPS) is 10.1. The van der Waals surface area contributed by atoms with Gasteiger partial charge in [0.1, 0.15) is 0 Å². The molecule has 104 valence electrons. The van der Waals surface area contributed by atoms with E-state index in [9.17, 15) is 4.79 Å². The monoisotopic (exact) mass is 269 g/mol. The molecule has 0 aliphatic heterocycles. The molecule has 20 heavy (non-hydrogen) atoms.